The highest BCUT2D eigenvalue weighted by atomic mass is 19.4. The SMILES string of the molecule is COc1cc(C(F)(F)F)c(-c2noc(-c3cc(O)c(O)c([N+](=O)[O-])c3)n2)cn1. The van der Waals surface area contributed by atoms with Gasteiger partial charge in [0.2, 0.25) is 17.5 Å². The van der Waals surface area contributed by atoms with Gasteiger partial charge in [-0.2, -0.15) is 18.2 Å². The van der Waals surface area contributed by atoms with Crippen molar-refractivity contribution in [2.24, 2.45) is 0 Å². The van der Waals surface area contributed by atoms with Gasteiger partial charge in [-0.25, -0.2) is 4.98 Å². The minimum atomic E-state index is -4.78. The average Bonchev–Trinajstić information content (AvgIpc) is 3.12. The quantitative estimate of drug-likeness (QED) is 0.384. The number of aromatic nitrogens is 3. The maximum absolute atomic E-state index is 13.3. The van der Waals surface area contributed by atoms with Crippen LogP contribution in [0.3, 0.4) is 0 Å². The van der Waals surface area contributed by atoms with Gasteiger partial charge >= 0.3 is 11.9 Å². The van der Waals surface area contributed by atoms with E-state index in [1.54, 1.807) is 0 Å². The second kappa shape index (κ2) is 6.68. The molecule has 0 unspecified atom stereocenters. The number of nitro groups is 1. The third-order valence-corrected chi connectivity index (χ3v) is 3.57. The molecule has 2 aromatic heterocycles. The number of hydrogen-bond acceptors (Lipinski definition) is 9. The highest BCUT2D eigenvalue weighted by Gasteiger charge is 2.36. The summed E-state index contributed by atoms with van der Waals surface area (Å²) in [6, 6.07) is 2.36. The third-order valence-electron chi connectivity index (χ3n) is 3.57. The van der Waals surface area contributed by atoms with Gasteiger partial charge in [0.25, 0.3) is 5.89 Å². The lowest BCUT2D eigenvalue weighted by atomic mass is 10.1. The molecule has 0 aliphatic heterocycles. The number of rotatable bonds is 4. The molecule has 0 aliphatic rings. The Hall–Kier alpha value is -3.90. The number of phenolic OH excluding ortho intramolecular Hbond substituents is 2. The first-order valence-corrected chi connectivity index (χ1v) is 7.28. The first-order chi connectivity index (χ1) is 13.1. The number of alkyl halides is 3. The summed E-state index contributed by atoms with van der Waals surface area (Å²) in [7, 11) is 1.15. The number of nitro benzene ring substituents is 1. The summed E-state index contributed by atoms with van der Waals surface area (Å²) < 4.78 is 49.5. The molecule has 0 bridgehead atoms. The number of hydrogen-bond donors (Lipinski definition) is 2. The molecule has 0 spiro atoms. The largest absolute Gasteiger partial charge is 0.504 e. The zero-order chi connectivity index (χ0) is 20.6. The van der Waals surface area contributed by atoms with E-state index in [9.17, 15) is 33.5 Å². The summed E-state index contributed by atoms with van der Waals surface area (Å²) in [6.07, 6.45) is -3.94. The van der Waals surface area contributed by atoms with Crippen LogP contribution in [0.15, 0.2) is 28.9 Å². The summed E-state index contributed by atoms with van der Waals surface area (Å²) in [5, 5.41) is 33.5. The van der Waals surface area contributed by atoms with Crippen molar-refractivity contribution in [2.75, 3.05) is 7.11 Å². The van der Waals surface area contributed by atoms with Crippen LogP contribution in [-0.4, -0.2) is 37.4 Å². The molecule has 0 fully saturated rings. The van der Waals surface area contributed by atoms with E-state index in [2.05, 4.69) is 19.9 Å². The molecule has 28 heavy (non-hydrogen) atoms. The second-order valence-electron chi connectivity index (χ2n) is 5.31. The van der Waals surface area contributed by atoms with Crippen molar-refractivity contribution in [3.05, 3.63) is 40.1 Å². The zero-order valence-electron chi connectivity index (χ0n) is 13.8. The lowest BCUT2D eigenvalue weighted by molar-refractivity contribution is -0.385. The topological polar surface area (TPSA) is 145 Å². The van der Waals surface area contributed by atoms with Crippen LogP contribution in [0.25, 0.3) is 22.8 Å². The molecule has 0 radical (unpaired) electrons. The van der Waals surface area contributed by atoms with E-state index in [1.165, 1.54) is 0 Å². The second-order valence-corrected chi connectivity index (χ2v) is 5.31. The van der Waals surface area contributed by atoms with Crippen molar-refractivity contribution < 1.29 is 37.6 Å². The Morgan fingerprint density at radius 1 is 1.25 bits per heavy atom. The van der Waals surface area contributed by atoms with Crippen molar-refractivity contribution >= 4 is 5.69 Å². The molecular weight excluding hydrogens is 389 g/mol. The number of aromatic hydroxyl groups is 2. The number of nitrogens with zero attached hydrogens (tertiary/aromatic N) is 4. The van der Waals surface area contributed by atoms with E-state index in [4.69, 9.17) is 4.52 Å². The van der Waals surface area contributed by atoms with Gasteiger partial charge in [0.05, 0.1) is 28.7 Å². The van der Waals surface area contributed by atoms with Crippen LogP contribution in [0, 0.1) is 10.1 Å². The highest BCUT2D eigenvalue weighted by Crippen LogP contribution is 2.40. The summed E-state index contributed by atoms with van der Waals surface area (Å²) >= 11 is 0. The molecular formula is C15H9F3N4O6. The van der Waals surface area contributed by atoms with Crippen LogP contribution in [0.4, 0.5) is 18.9 Å². The summed E-state index contributed by atoms with van der Waals surface area (Å²) in [5.74, 6) is -3.01. The Morgan fingerprint density at radius 3 is 2.57 bits per heavy atom. The fourth-order valence-corrected chi connectivity index (χ4v) is 2.28. The fraction of sp³-hybridized carbons (Fsp3) is 0.133. The Bertz CT molecular complexity index is 1070. The lowest BCUT2D eigenvalue weighted by Crippen LogP contribution is -2.09. The fourth-order valence-electron chi connectivity index (χ4n) is 2.28. The van der Waals surface area contributed by atoms with Gasteiger partial charge < -0.3 is 19.5 Å². The van der Waals surface area contributed by atoms with Crippen molar-refractivity contribution in [1.29, 1.82) is 0 Å². The van der Waals surface area contributed by atoms with Gasteiger partial charge in [0, 0.05) is 18.3 Å². The van der Waals surface area contributed by atoms with Crippen LogP contribution in [0.2, 0.25) is 0 Å². The van der Waals surface area contributed by atoms with Gasteiger partial charge in [0.15, 0.2) is 5.75 Å². The predicted octanol–water partition coefficient (Wildman–Crippen LogP) is 3.15. The van der Waals surface area contributed by atoms with E-state index >= 15 is 0 Å². The van der Waals surface area contributed by atoms with Crippen molar-refractivity contribution in [3.63, 3.8) is 0 Å². The van der Waals surface area contributed by atoms with Crippen LogP contribution < -0.4 is 4.74 Å². The normalized spacial score (nSPS) is 11.4. The molecule has 3 aromatic rings. The van der Waals surface area contributed by atoms with Crippen molar-refractivity contribution in [2.45, 2.75) is 6.18 Å². The molecule has 0 saturated carbocycles. The summed E-state index contributed by atoms with van der Waals surface area (Å²) in [6.45, 7) is 0. The van der Waals surface area contributed by atoms with Gasteiger partial charge in [0.1, 0.15) is 0 Å². The standard InChI is InChI=1S/C15H9F3N4O6/c1-27-11-4-8(15(16,17)18)7(5-19-11)13-20-14(28-21-13)6-2-9(22(25)26)12(24)10(23)3-6/h2-5,23-24H,1H3. The number of halogens is 3. The molecule has 3 rings (SSSR count). The molecule has 2 N–H and O–H groups in total. The van der Waals surface area contributed by atoms with Gasteiger partial charge in [-0.05, 0) is 6.07 Å². The van der Waals surface area contributed by atoms with E-state index in [0.717, 1.165) is 25.4 Å². The van der Waals surface area contributed by atoms with E-state index in [0.29, 0.717) is 6.07 Å². The number of pyridine rings is 1. The van der Waals surface area contributed by atoms with Crippen LogP contribution in [0.5, 0.6) is 17.4 Å². The first kappa shape index (κ1) is 18.9. The Balaban J connectivity index is 2.11. The first-order valence-electron chi connectivity index (χ1n) is 7.28. The number of methoxy groups -OCH3 is 1. The Morgan fingerprint density at radius 2 is 1.96 bits per heavy atom. The van der Waals surface area contributed by atoms with Crippen LogP contribution >= 0.6 is 0 Å². The molecule has 0 amide bonds. The lowest BCUT2D eigenvalue weighted by Gasteiger charge is -2.11. The summed E-state index contributed by atoms with van der Waals surface area (Å²) in [4.78, 5) is 17.4. The molecule has 1 aromatic carbocycles. The van der Waals surface area contributed by atoms with Gasteiger partial charge in [-0.15, -0.1) is 0 Å². The Kier molecular flexibility index (Phi) is 4.50. The zero-order valence-corrected chi connectivity index (χ0v) is 13.8. The summed E-state index contributed by atoms with van der Waals surface area (Å²) in [5.41, 5.74) is -2.68. The molecule has 13 heteroatoms. The molecule has 0 atom stereocenters. The van der Waals surface area contributed by atoms with Crippen molar-refractivity contribution in [3.8, 4) is 40.2 Å². The number of benzene rings is 1. The number of ether oxygens (including phenoxy) is 1. The maximum Gasteiger partial charge on any atom is 0.417 e. The van der Waals surface area contributed by atoms with Gasteiger partial charge in [-0.3, -0.25) is 10.1 Å². The van der Waals surface area contributed by atoms with Crippen LogP contribution in [0.1, 0.15) is 5.56 Å². The predicted molar refractivity (Wildman–Crippen MR) is 84.5 cm³/mol. The molecule has 2 heterocycles. The highest BCUT2D eigenvalue weighted by molar-refractivity contribution is 5.69. The van der Waals surface area contributed by atoms with Crippen LogP contribution in [-0.2, 0) is 6.18 Å². The third kappa shape index (κ3) is 3.36. The molecule has 146 valence electrons. The van der Waals surface area contributed by atoms with E-state index in [1.807, 2.05) is 0 Å². The molecule has 10 nitrogen and oxygen atoms in total. The van der Waals surface area contributed by atoms with Gasteiger partial charge in [-0.1, -0.05) is 5.16 Å². The smallest absolute Gasteiger partial charge is 0.417 e. The average molecular weight is 398 g/mol. The van der Waals surface area contributed by atoms with E-state index in [-0.39, 0.29) is 11.4 Å². The van der Waals surface area contributed by atoms with E-state index < -0.39 is 51.1 Å². The number of phenols is 2. The minimum Gasteiger partial charge on any atom is -0.504 e. The van der Waals surface area contributed by atoms with Crippen molar-refractivity contribution in [1.82, 2.24) is 15.1 Å². The maximum atomic E-state index is 13.3. The Labute approximate surface area is 153 Å². The minimum absolute atomic E-state index is 0.184. The molecule has 0 saturated heterocycles. The monoisotopic (exact) mass is 398 g/mol. The molecule has 0 aliphatic carbocycles.